The lowest BCUT2D eigenvalue weighted by atomic mass is 9.80. The molecule has 74 valence electrons. The van der Waals surface area contributed by atoms with Crippen LogP contribution in [-0.4, -0.2) is 0 Å². The van der Waals surface area contributed by atoms with E-state index in [0.29, 0.717) is 5.92 Å². The molecule has 1 aliphatic rings. The standard InChI is InChI=1S/C14H18/c1-11-7-6-10-14(12(11)2)13-8-4-3-5-9-13/h3-5,8-9,14H,6-7,10H2,1-2H3. The molecule has 0 bridgehead atoms. The average Bonchev–Trinajstić information content (AvgIpc) is 2.23. The van der Waals surface area contributed by atoms with E-state index >= 15 is 0 Å². The van der Waals surface area contributed by atoms with Crippen LogP contribution < -0.4 is 0 Å². The zero-order valence-electron chi connectivity index (χ0n) is 9.09. The predicted molar refractivity (Wildman–Crippen MR) is 61.4 cm³/mol. The van der Waals surface area contributed by atoms with Gasteiger partial charge in [-0.05, 0) is 38.7 Å². The van der Waals surface area contributed by atoms with Gasteiger partial charge in [0.25, 0.3) is 0 Å². The van der Waals surface area contributed by atoms with Crippen molar-refractivity contribution < 1.29 is 0 Å². The summed E-state index contributed by atoms with van der Waals surface area (Å²) in [5, 5.41) is 0. The van der Waals surface area contributed by atoms with Crippen molar-refractivity contribution in [3.8, 4) is 0 Å². The third-order valence-electron chi connectivity index (χ3n) is 3.44. The van der Waals surface area contributed by atoms with E-state index in [1.807, 2.05) is 0 Å². The zero-order chi connectivity index (χ0) is 9.97. The molecule has 1 unspecified atom stereocenters. The molecule has 14 heavy (non-hydrogen) atoms. The highest BCUT2D eigenvalue weighted by atomic mass is 14.2. The van der Waals surface area contributed by atoms with Crippen LogP contribution in [-0.2, 0) is 0 Å². The fraction of sp³-hybridized carbons (Fsp3) is 0.429. The summed E-state index contributed by atoms with van der Waals surface area (Å²) >= 11 is 0. The van der Waals surface area contributed by atoms with E-state index in [9.17, 15) is 0 Å². The molecule has 0 aliphatic heterocycles. The van der Waals surface area contributed by atoms with Gasteiger partial charge in [0.1, 0.15) is 0 Å². The van der Waals surface area contributed by atoms with E-state index in [-0.39, 0.29) is 0 Å². The quantitative estimate of drug-likeness (QED) is 0.574. The van der Waals surface area contributed by atoms with Crippen molar-refractivity contribution in [3.05, 3.63) is 47.0 Å². The van der Waals surface area contributed by atoms with Gasteiger partial charge in [-0.1, -0.05) is 41.5 Å². The summed E-state index contributed by atoms with van der Waals surface area (Å²) < 4.78 is 0. The van der Waals surface area contributed by atoms with E-state index in [1.54, 1.807) is 11.1 Å². The van der Waals surface area contributed by atoms with Gasteiger partial charge in [-0.2, -0.15) is 0 Å². The third-order valence-corrected chi connectivity index (χ3v) is 3.44. The third kappa shape index (κ3) is 1.75. The summed E-state index contributed by atoms with van der Waals surface area (Å²) in [6.45, 7) is 4.58. The van der Waals surface area contributed by atoms with E-state index in [1.165, 1.54) is 24.8 Å². The highest BCUT2D eigenvalue weighted by Gasteiger charge is 2.18. The second kappa shape index (κ2) is 4.00. The predicted octanol–water partition coefficient (Wildman–Crippen LogP) is 4.29. The smallest absolute Gasteiger partial charge is 0.00480 e. The van der Waals surface area contributed by atoms with Crippen LogP contribution in [0.1, 0.15) is 44.6 Å². The van der Waals surface area contributed by atoms with Gasteiger partial charge in [-0.15, -0.1) is 0 Å². The Bertz CT molecular complexity index is 332. The summed E-state index contributed by atoms with van der Waals surface area (Å²) in [6, 6.07) is 10.9. The maximum absolute atomic E-state index is 2.30. The molecular formula is C14H18. The van der Waals surface area contributed by atoms with Crippen molar-refractivity contribution in [1.29, 1.82) is 0 Å². The molecule has 0 heterocycles. The number of allylic oxidation sites excluding steroid dienone is 2. The number of hydrogen-bond donors (Lipinski definition) is 0. The van der Waals surface area contributed by atoms with Crippen LogP contribution in [0.5, 0.6) is 0 Å². The number of benzene rings is 1. The Morgan fingerprint density at radius 3 is 2.50 bits per heavy atom. The normalized spacial score (nSPS) is 22.6. The first kappa shape index (κ1) is 9.51. The van der Waals surface area contributed by atoms with Gasteiger partial charge in [0.05, 0.1) is 0 Å². The molecule has 0 nitrogen and oxygen atoms in total. The van der Waals surface area contributed by atoms with Crippen molar-refractivity contribution in [3.63, 3.8) is 0 Å². The van der Waals surface area contributed by atoms with Crippen LogP contribution in [0.25, 0.3) is 0 Å². The largest absolute Gasteiger partial charge is 0.0738 e. The fourth-order valence-corrected chi connectivity index (χ4v) is 2.38. The Labute approximate surface area is 86.7 Å². The zero-order valence-corrected chi connectivity index (χ0v) is 9.09. The fourth-order valence-electron chi connectivity index (χ4n) is 2.38. The van der Waals surface area contributed by atoms with Gasteiger partial charge in [0, 0.05) is 5.92 Å². The first-order chi connectivity index (χ1) is 6.79. The van der Waals surface area contributed by atoms with Crippen molar-refractivity contribution in [1.82, 2.24) is 0 Å². The first-order valence-corrected chi connectivity index (χ1v) is 5.50. The molecule has 0 radical (unpaired) electrons. The lowest BCUT2D eigenvalue weighted by Crippen LogP contribution is -2.07. The summed E-state index contributed by atoms with van der Waals surface area (Å²) in [7, 11) is 0. The first-order valence-electron chi connectivity index (χ1n) is 5.50. The minimum absolute atomic E-state index is 0.685. The molecule has 0 saturated carbocycles. The summed E-state index contributed by atoms with van der Waals surface area (Å²) in [5.41, 5.74) is 4.69. The van der Waals surface area contributed by atoms with Crippen molar-refractivity contribution in [2.45, 2.75) is 39.0 Å². The van der Waals surface area contributed by atoms with Crippen molar-refractivity contribution in [2.75, 3.05) is 0 Å². The molecule has 0 N–H and O–H groups in total. The second-order valence-corrected chi connectivity index (χ2v) is 4.32. The minimum Gasteiger partial charge on any atom is -0.0738 e. The molecular weight excluding hydrogens is 168 g/mol. The maximum atomic E-state index is 2.30. The molecule has 1 aromatic rings. The second-order valence-electron chi connectivity index (χ2n) is 4.32. The molecule has 0 amide bonds. The molecule has 1 aliphatic carbocycles. The molecule has 0 heteroatoms. The van der Waals surface area contributed by atoms with E-state index in [2.05, 4.69) is 44.2 Å². The Kier molecular flexibility index (Phi) is 2.72. The van der Waals surface area contributed by atoms with Gasteiger partial charge in [-0.25, -0.2) is 0 Å². The van der Waals surface area contributed by atoms with Crippen LogP contribution in [0.3, 0.4) is 0 Å². The van der Waals surface area contributed by atoms with Crippen LogP contribution in [0, 0.1) is 0 Å². The minimum atomic E-state index is 0.685. The Morgan fingerprint density at radius 2 is 1.79 bits per heavy atom. The average molecular weight is 186 g/mol. The van der Waals surface area contributed by atoms with Gasteiger partial charge in [0.2, 0.25) is 0 Å². The topological polar surface area (TPSA) is 0 Å². The molecule has 0 saturated heterocycles. The highest BCUT2D eigenvalue weighted by molar-refractivity contribution is 5.31. The maximum Gasteiger partial charge on any atom is 0.00480 e. The van der Waals surface area contributed by atoms with Gasteiger partial charge in [0.15, 0.2) is 0 Å². The lowest BCUT2D eigenvalue weighted by molar-refractivity contribution is 0.601. The number of hydrogen-bond acceptors (Lipinski definition) is 0. The van der Waals surface area contributed by atoms with Crippen LogP contribution >= 0.6 is 0 Å². The summed E-state index contributed by atoms with van der Waals surface area (Å²) in [5.74, 6) is 0.685. The SMILES string of the molecule is CC1=C(C)C(c2ccccc2)CCC1. The van der Waals surface area contributed by atoms with Crippen LogP contribution in [0.2, 0.25) is 0 Å². The summed E-state index contributed by atoms with van der Waals surface area (Å²) in [4.78, 5) is 0. The monoisotopic (exact) mass is 186 g/mol. The Balaban J connectivity index is 2.32. The Morgan fingerprint density at radius 1 is 1.07 bits per heavy atom. The summed E-state index contributed by atoms with van der Waals surface area (Å²) in [6.07, 6.45) is 3.98. The molecule has 1 atom stereocenters. The molecule has 0 aromatic heterocycles. The Hall–Kier alpha value is -1.04. The van der Waals surface area contributed by atoms with Gasteiger partial charge < -0.3 is 0 Å². The van der Waals surface area contributed by atoms with Gasteiger partial charge in [-0.3, -0.25) is 0 Å². The van der Waals surface area contributed by atoms with E-state index in [4.69, 9.17) is 0 Å². The van der Waals surface area contributed by atoms with E-state index in [0.717, 1.165) is 0 Å². The molecule has 1 aromatic carbocycles. The van der Waals surface area contributed by atoms with E-state index < -0.39 is 0 Å². The van der Waals surface area contributed by atoms with Crippen LogP contribution in [0.4, 0.5) is 0 Å². The molecule has 2 rings (SSSR count). The number of rotatable bonds is 1. The van der Waals surface area contributed by atoms with Crippen molar-refractivity contribution >= 4 is 0 Å². The van der Waals surface area contributed by atoms with Crippen molar-refractivity contribution in [2.24, 2.45) is 0 Å². The van der Waals surface area contributed by atoms with Gasteiger partial charge >= 0.3 is 0 Å². The molecule has 0 spiro atoms. The van der Waals surface area contributed by atoms with Crippen LogP contribution in [0.15, 0.2) is 41.5 Å². The lowest BCUT2D eigenvalue weighted by Gasteiger charge is -2.25. The highest BCUT2D eigenvalue weighted by Crippen LogP contribution is 2.36. The molecule has 0 fully saturated rings.